The van der Waals surface area contributed by atoms with Crippen LogP contribution < -0.4 is 14.2 Å². The summed E-state index contributed by atoms with van der Waals surface area (Å²) in [7, 11) is 3.10. The van der Waals surface area contributed by atoms with Gasteiger partial charge in [-0.1, -0.05) is 18.2 Å². The van der Waals surface area contributed by atoms with Crippen molar-refractivity contribution < 1.29 is 19.0 Å². The topological polar surface area (TPSA) is 44.8 Å². The number of allylic oxidation sites excluding steroid dienone is 1. The Labute approximate surface area is 136 Å². The van der Waals surface area contributed by atoms with Crippen LogP contribution in [0.5, 0.6) is 17.2 Å². The number of carbonyl (C=O) groups is 1. The van der Waals surface area contributed by atoms with Gasteiger partial charge in [-0.25, -0.2) is 0 Å². The summed E-state index contributed by atoms with van der Waals surface area (Å²) in [5.74, 6) is 1.85. The average molecular weight is 312 g/mol. The molecule has 0 radical (unpaired) electrons. The summed E-state index contributed by atoms with van der Waals surface area (Å²) in [6, 6.07) is 12.7. The van der Waals surface area contributed by atoms with Crippen molar-refractivity contribution in [2.75, 3.05) is 20.8 Å². The minimum Gasteiger partial charge on any atom is -0.494 e. The van der Waals surface area contributed by atoms with Crippen LogP contribution in [-0.2, 0) is 0 Å². The van der Waals surface area contributed by atoms with E-state index in [0.29, 0.717) is 23.7 Å². The largest absolute Gasteiger partial charge is 0.494 e. The number of hydrogen-bond acceptors (Lipinski definition) is 4. The molecule has 0 fully saturated rings. The smallest absolute Gasteiger partial charge is 0.185 e. The fourth-order valence-corrected chi connectivity index (χ4v) is 2.10. The summed E-state index contributed by atoms with van der Waals surface area (Å²) >= 11 is 0. The molecule has 0 aliphatic rings. The van der Waals surface area contributed by atoms with Gasteiger partial charge in [0, 0.05) is 5.56 Å². The molecule has 2 aromatic carbocycles. The minimum absolute atomic E-state index is 0.0974. The van der Waals surface area contributed by atoms with Gasteiger partial charge in [0.15, 0.2) is 17.3 Å². The van der Waals surface area contributed by atoms with E-state index in [1.807, 2.05) is 31.2 Å². The maximum Gasteiger partial charge on any atom is 0.185 e. The van der Waals surface area contributed by atoms with Crippen LogP contribution in [-0.4, -0.2) is 26.6 Å². The predicted molar refractivity (Wildman–Crippen MR) is 90.5 cm³/mol. The Kier molecular flexibility index (Phi) is 5.80. The fraction of sp³-hybridized carbons (Fsp3) is 0.211. The molecule has 0 aliphatic heterocycles. The molecule has 23 heavy (non-hydrogen) atoms. The third kappa shape index (κ3) is 4.36. The lowest BCUT2D eigenvalue weighted by Crippen LogP contribution is -1.97. The highest BCUT2D eigenvalue weighted by atomic mass is 16.5. The van der Waals surface area contributed by atoms with Crippen molar-refractivity contribution in [3.63, 3.8) is 0 Å². The van der Waals surface area contributed by atoms with Gasteiger partial charge in [0.05, 0.1) is 20.8 Å². The van der Waals surface area contributed by atoms with E-state index in [4.69, 9.17) is 14.2 Å². The molecule has 0 atom stereocenters. The number of hydrogen-bond donors (Lipinski definition) is 0. The highest BCUT2D eigenvalue weighted by Gasteiger charge is 2.08. The van der Waals surface area contributed by atoms with Crippen molar-refractivity contribution in [3.8, 4) is 17.2 Å². The first kappa shape index (κ1) is 16.6. The van der Waals surface area contributed by atoms with Crippen LogP contribution in [0.25, 0.3) is 6.08 Å². The Morgan fingerprint density at radius 1 is 1.00 bits per heavy atom. The van der Waals surface area contributed by atoms with E-state index in [9.17, 15) is 4.79 Å². The Balaban J connectivity index is 2.11. The van der Waals surface area contributed by atoms with Crippen molar-refractivity contribution >= 4 is 11.9 Å². The minimum atomic E-state index is -0.0974. The molecular formula is C19H20O4. The molecule has 0 bridgehead atoms. The van der Waals surface area contributed by atoms with Crippen molar-refractivity contribution in [3.05, 3.63) is 59.7 Å². The first-order valence-electron chi connectivity index (χ1n) is 7.35. The zero-order chi connectivity index (χ0) is 16.7. The van der Waals surface area contributed by atoms with Crippen LogP contribution in [0.3, 0.4) is 0 Å². The molecule has 0 saturated carbocycles. The van der Waals surface area contributed by atoms with Gasteiger partial charge < -0.3 is 14.2 Å². The SMILES string of the molecule is CCOc1ccc(/C=C\C(=O)c2ccc(OC)c(OC)c2)cc1. The Hall–Kier alpha value is -2.75. The molecular weight excluding hydrogens is 292 g/mol. The van der Waals surface area contributed by atoms with E-state index in [-0.39, 0.29) is 5.78 Å². The Bertz CT molecular complexity index is 687. The third-order valence-corrected chi connectivity index (χ3v) is 3.29. The van der Waals surface area contributed by atoms with E-state index in [1.54, 1.807) is 38.5 Å². The lowest BCUT2D eigenvalue weighted by molar-refractivity contribution is 0.104. The van der Waals surface area contributed by atoms with Gasteiger partial charge in [-0.3, -0.25) is 4.79 Å². The quantitative estimate of drug-likeness (QED) is 0.572. The molecule has 0 N–H and O–H groups in total. The number of benzene rings is 2. The second-order valence-corrected chi connectivity index (χ2v) is 4.77. The number of ketones is 1. The standard InChI is InChI=1S/C19H20O4/c1-4-23-16-9-5-14(6-10-16)7-11-17(20)15-8-12-18(21-2)19(13-15)22-3/h5-13H,4H2,1-3H3/b11-7-. The van der Waals surface area contributed by atoms with Crippen molar-refractivity contribution in [2.24, 2.45) is 0 Å². The van der Waals surface area contributed by atoms with E-state index in [2.05, 4.69) is 0 Å². The van der Waals surface area contributed by atoms with Crippen LogP contribution in [0.2, 0.25) is 0 Å². The van der Waals surface area contributed by atoms with Crippen LogP contribution in [0.15, 0.2) is 48.5 Å². The Morgan fingerprint density at radius 2 is 1.70 bits per heavy atom. The summed E-state index contributed by atoms with van der Waals surface area (Å²) in [4.78, 5) is 12.2. The first-order chi connectivity index (χ1) is 11.2. The number of rotatable bonds is 7. The molecule has 4 nitrogen and oxygen atoms in total. The summed E-state index contributed by atoms with van der Waals surface area (Å²) in [6.45, 7) is 2.57. The van der Waals surface area contributed by atoms with Gasteiger partial charge >= 0.3 is 0 Å². The molecule has 0 heterocycles. The van der Waals surface area contributed by atoms with Crippen molar-refractivity contribution in [2.45, 2.75) is 6.92 Å². The number of methoxy groups -OCH3 is 2. The van der Waals surface area contributed by atoms with Crippen molar-refractivity contribution in [1.82, 2.24) is 0 Å². The van der Waals surface area contributed by atoms with E-state index < -0.39 is 0 Å². The molecule has 2 rings (SSSR count). The van der Waals surface area contributed by atoms with Gasteiger partial charge in [-0.05, 0) is 48.9 Å². The van der Waals surface area contributed by atoms with Crippen LogP contribution in [0.4, 0.5) is 0 Å². The van der Waals surface area contributed by atoms with E-state index >= 15 is 0 Å². The molecule has 4 heteroatoms. The van der Waals surface area contributed by atoms with Crippen LogP contribution in [0, 0.1) is 0 Å². The fourth-order valence-electron chi connectivity index (χ4n) is 2.10. The predicted octanol–water partition coefficient (Wildman–Crippen LogP) is 4.00. The number of ether oxygens (including phenoxy) is 3. The zero-order valence-corrected chi connectivity index (χ0v) is 13.5. The van der Waals surface area contributed by atoms with Gasteiger partial charge in [-0.2, -0.15) is 0 Å². The normalized spacial score (nSPS) is 10.6. The maximum atomic E-state index is 12.2. The maximum absolute atomic E-state index is 12.2. The second kappa shape index (κ2) is 8.03. The first-order valence-corrected chi connectivity index (χ1v) is 7.35. The van der Waals surface area contributed by atoms with Gasteiger partial charge in [0.25, 0.3) is 0 Å². The molecule has 0 aromatic heterocycles. The van der Waals surface area contributed by atoms with Crippen LogP contribution in [0.1, 0.15) is 22.8 Å². The van der Waals surface area contributed by atoms with Gasteiger partial charge in [-0.15, -0.1) is 0 Å². The summed E-state index contributed by atoms with van der Waals surface area (Å²) in [6.07, 6.45) is 3.31. The van der Waals surface area contributed by atoms with E-state index in [0.717, 1.165) is 11.3 Å². The van der Waals surface area contributed by atoms with E-state index in [1.165, 1.54) is 6.08 Å². The molecule has 0 spiro atoms. The molecule has 120 valence electrons. The highest BCUT2D eigenvalue weighted by Crippen LogP contribution is 2.27. The third-order valence-electron chi connectivity index (χ3n) is 3.29. The molecule has 0 amide bonds. The Morgan fingerprint density at radius 3 is 2.30 bits per heavy atom. The summed E-state index contributed by atoms with van der Waals surface area (Å²) in [5.41, 5.74) is 1.48. The second-order valence-electron chi connectivity index (χ2n) is 4.77. The summed E-state index contributed by atoms with van der Waals surface area (Å²) in [5, 5.41) is 0. The molecule has 0 unspecified atom stereocenters. The zero-order valence-electron chi connectivity index (χ0n) is 13.5. The number of carbonyl (C=O) groups excluding carboxylic acids is 1. The lowest BCUT2D eigenvalue weighted by atomic mass is 10.1. The molecule has 2 aromatic rings. The average Bonchev–Trinajstić information content (AvgIpc) is 2.60. The van der Waals surface area contributed by atoms with Crippen LogP contribution >= 0.6 is 0 Å². The molecule has 0 aliphatic carbocycles. The monoisotopic (exact) mass is 312 g/mol. The van der Waals surface area contributed by atoms with Gasteiger partial charge in [0.1, 0.15) is 5.75 Å². The van der Waals surface area contributed by atoms with Gasteiger partial charge in [0.2, 0.25) is 0 Å². The highest BCUT2D eigenvalue weighted by molar-refractivity contribution is 6.07. The molecule has 0 saturated heterocycles. The van der Waals surface area contributed by atoms with Crippen molar-refractivity contribution in [1.29, 1.82) is 0 Å². The summed E-state index contributed by atoms with van der Waals surface area (Å²) < 4.78 is 15.8. The lowest BCUT2D eigenvalue weighted by Gasteiger charge is -2.08.